The number of nitrogens with zero attached hydrogens (tertiary/aromatic N) is 5. The number of aromatic nitrogens is 4. The summed E-state index contributed by atoms with van der Waals surface area (Å²) >= 11 is 0. The highest BCUT2D eigenvalue weighted by Crippen LogP contribution is 2.25. The number of nitrogens with one attached hydrogen (secondary N) is 1. The normalized spacial score (nSPS) is 15.7. The van der Waals surface area contributed by atoms with E-state index in [0.717, 1.165) is 24.2 Å². The van der Waals surface area contributed by atoms with Gasteiger partial charge in [0.05, 0.1) is 25.0 Å². The highest BCUT2D eigenvalue weighted by Gasteiger charge is 2.28. The molecule has 1 aliphatic rings. The third-order valence-electron chi connectivity index (χ3n) is 4.52. The van der Waals surface area contributed by atoms with E-state index in [1.54, 1.807) is 18.0 Å². The van der Waals surface area contributed by atoms with Gasteiger partial charge in [-0.3, -0.25) is 9.69 Å². The van der Waals surface area contributed by atoms with Crippen molar-refractivity contribution in [3.05, 3.63) is 29.8 Å². The summed E-state index contributed by atoms with van der Waals surface area (Å²) < 4.78 is 7.14. The fourth-order valence-corrected chi connectivity index (χ4v) is 3.06. The molecule has 0 bridgehead atoms. The Balaban J connectivity index is 1.72. The number of anilines is 1. The molecule has 0 spiro atoms. The van der Waals surface area contributed by atoms with Gasteiger partial charge >= 0.3 is 0 Å². The summed E-state index contributed by atoms with van der Waals surface area (Å²) in [6, 6.07) is 1.71. The second kappa shape index (κ2) is 7.18. The number of fused-ring (bicyclic) bond motifs is 1. The summed E-state index contributed by atoms with van der Waals surface area (Å²) in [5.74, 6) is 1.24. The average Bonchev–Trinajstić information content (AvgIpc) is 3.08. The number of amides is 1. The Morgan fingerprint density at radius 3 is 2.84 bits per heavy atom. The highest BCUT2D eigenvalue weighted by atomic mass is 16.5. The van der Waals surface area contributed by atoms with Crippen molar-refractivity contribution in [2.45, 2.75) is 45.8 Å². The molecule has 0 unspecified atom stereocenters. The minimum Gasteiger partial charge on any atom is -0.481 e. The van der Waals surface area contributed by atoms with Gasteiger partial charge in [-0.1, -0.05) is 0 Å². The Morgan fingerprint density at radius 1 is 1.32 bits per heavy atom. The van der Waals surface area contributed by atoms with E-state index in [0.29, 0.717) is 18.2 Å². The van der Waals surface area contributed by atoms with Crippen LogP contribution in [0.15, 0.2) is 18.6 Å². The van der Waals surface area contributed by atoms with Gasteiger partial charge in [-0.2, -0.15) is 5.10 Å². The lowest BCUT2D eigenvalue weighted by molar-refractivity contribution is -0.121. The van der Waals surface area contributed by atoms with Gasteiger partial charge in [0.15, 0.2) is 0 Å². The fraction of sp³-hybridized carbons (Fsp3) is 0.529. The summed E-state index contributed by atoms with van der Waals surface area (Å²) in [5.41, 5.74) is 1.96. The topological polar surface area (TPSA) is 85.2 Å². The molecule has 2 aromatic rings. The van der Waals surface area contributed by atoms with Crippen molar-refractivity contribution >= 4 is 11.7 Å². The van der Waals surface area contributed by atoms with Gasteiger partial charge in [0.25, 0.3) is 0 Å². The van der Waals surface area contributed by atoms with Gasteiger partial charge in [0.1, 0.15) is 12.1 Å². The molecule has 0 saturated carbocycles. The zero-order valence-corrected chi connectivity index (χ0v) is 15.1. The van der Waals surface area contributed by atoms with Crippen LogP contribution in [0, 0.1) is 0 Å². The van der Waals surface area contributed by atoms with Crippen molar-refractivity contribution in [1.82, 2.24) is 24.6 Å². The maximum Gasteiger partial charge on any atom is 0.242 e. The van der Waals surface area contributed by atoms with Crippen LogP contribution in [0.5, 0.6) is 5.88 Å². The van der Waals surface area contributed by atoms with Crippen LogP contribution in [0.25, 0.3) is 0 Å². The Bertz CT molecular complexity index is 743. The van der Waals surface area contributed by atoms with Gasteiger partial charge in [-0.05, 0) is 20.8 Å². The molecular formula is C17H24N6O2. The van der Waals surface area contributed by atoms with Crippen LogP contribution in [-0.4, -0.2) is 50.3 Å². The smallest absolute Gasteiger partial charge is 0.242 e. The number of hydrogen-bond donors (Lipinski definition) is 1. The molecule has 8 heteroatoms. The Hall–Kier alpha value is -2.48. The van der Waals surface area contributed by atoms with E-state index in [1.165, 1.54) is 6.33 Å². The summed E-state index contributed by atoms with van der Waals surface area (Å²) in [4.78, 5) is 23.3. The molecule has 3 rings (SSSR count). The van der Waals surface area contributed by atoms with E-state index in [2.05, 4.69) is 25.3 Å². The molecule has 8 nitrogen and oxygen atoms in total. The Kier molecular flexibility index (Phi) is 4.98. The van der Waals surface area contributed by atoms with Crippen LogP contribution in [0.1, 0.15) is 38.1 Å². The standard InChI is InChI=1S/C17H24N6O2/c1-11(2)23-15(5-7-20-23)21-16(24)12(3)22-8-6-14-13(9-22)17(25-4)19-10-18-14/h5,7,10-12H,6,8-9H2,1-4H3,(H,21,24)/t12-/m1/s1. The third-order valence-corrected chi connectivity index (χ3v) is 4.52. The van der Waals surface area contributed by atoms with Crippen LogP contribution in [-0.2, 0) is 17.8 Å². The molecule has 0 radical (unpaired) electrons. The molecule has 1 amide bonds. The predicted octanol–water partition coefficient (Wildman–Crippen LogP) is 1.65. The molecule has 1 atom stereocenters. The molecular weight excluding hydrogens is 320 g/mol. The molecule has 134 valence electrons. The first-order valence-corrected chi connectivity index (χ1v) is 8.46. The Labute approximate surface area is 147 Å². The summed E-state index contributed by atoms with van der Waals surface area (Å²) in [6.45, 7) is 7.33. The first kappa shape index (κ1) is 17.3. The van der Waals surface area contributed by atoms with Crippen LogP contribution < -0.4 is 10.1 Å². The minimum atomic E-state index is -0.284. The molecule has 3 heterocycles. The number of methoxy groups -OCH3 is 1. The second-order valence-electron chi connectivity index (χ2n) is 6.45. The number of rotatable bonds is 5. The van der Waals surface area contributed by atoms with E-state index in [-0.39, 0.29) is 18.0 Å². The van der Waals surface area contributed by atoms with Crippen LogP contribution in [0.2, 0.25) is 0 Å². The lowest BCUT2D eigenvalue weighted by atomic mass is 10.0. The molecule has 0 aliphatic carbocycles. The number of carbonyl (C=O) groups excluding carboxylic acids is 1. The zero-order valence-electron chi connectivity index (χ0n) is 15.1. The van der Waals surface area contributed by atoms with Gasteiger partial charge in [-0.25, -0.2) is 14.6 Å². The van der Waals surface area contributed by atoms with E-state index in [4.69, 9.17) is 4.74 Å². The van der Waals surface area contributed by atoms with Crippen molar-refractivity contribution in [3.63, 3.8) is 0 Å². The van der Waals surface area contributed by atoms with Crippen LogP contribution in [0.4, 0.5) is 5.82 Å². The maximum absolute atomic E-state index is 12.7. The lowest BCUT2D eigenvalue weighted by Crippen LogP contribution is -2.45. The van der Waals surface area contributed by atoms with Crippen molar-refractivity contribution in [3.8, 4) is 5.88 Å². The molecule has 2 aromatic heterocycles. The molecule has 0 fully saturated rings. The number of carbonyl (C=O) groups is 1. The van der Waals surface area contributed by atoms with Crippen molar-refractivity contribution < 1.29 is 9.53 Å². The number of hydrogen-bond acceptors (Lipinski definition) is 6. The maximum atomic E-state index is 12.7. The van der Waals surface area contributed by atoms with Gasteiger partial charge in [0.2, 0.25) is 11.8 Å². The predicted molar refractivity (Wildman–Crippen MR) is 93.4 cm³/mol. The largest absolute Gasteiger partial charge is 0.481 e. The average molecular weight is 344 g/mol. The van der Waals surface area contributed by atoms with E-state index < -0.39 is 0 Å². The van der Waals surface area contributed by atoms with E-state index >= 15 is 0 Å². The highest BCUT2D eigenvalue weighted by molar-refractivity contribution is 5.93. The van der Waals surface area contributed by atoms with Crippen molar-refractivity contribution in [1.29, 1.82) is 0 Å². The first-order chi connectivity index (χ1) is 12.0. The van der Waals surface area contributed by atoms with Crippen LogP contribution >= 0.6 is 0 Å². The van der Waals surface area contributed by atoms with Gasteiger partial charge < -0.3 is 10.1 Å². The molecule has 1 N–H and O–H groups in total. The molecule has 0 aromatic carbocycles. The minimum absolute atomic E-state index is 0.0540. The summed E-state index contributed by atoms with van der Waals surface area (Å²) in [5, 5.41) is 7.23. The SMILES string of the molecule is COc1ncnc2c1CN([C@H](C)C(=O)Nc1ccnn1C(C)C)CC2. The molecule has 25 heavy (non-hydrogen) atoms. The molecule has 1 aliphatic heterocycles. The summed E-state index contributed by atoms with van der Waals surface area (Å²) in [6.07, 6.45) is 3.99. The zero-order chi connectivity index (χ0) is 18.0. The van der Waals surface area contributed by atoms with E-state index in [9.17, 15) is 4.79 Å². The second-order valence-corrected chi connectivity index (χ2v) is 6.45. The van der Waals surface area contributed by atoms with Crippen molar-refractivity contribution in [2.75, 3.05) is 19.0 Å². The third kappa shape index (κ3) is 3.48. The van der Waals surface area contributed by atoms with Gasteiger partial charge in [0, 0.05) is 37.2 Å². The quantitative estimate of drug-likeness (QED) is 0.888. The number of ether oxygens (including phenoxy) is 1. The monoisotopic (exact) mass is 344 g/mol. The van der Waals surface area contributed by atoms with E-state index in [1.807, 2.05) is 26.8 Å². The van der Waals surface area contributed by atoms with Crippen molar-refractivity contribution in [2.24, 2.45) is 0 Å². The fourth-order valence-electron chi connectivity index (χ4n) is 3.06. The lowest BCUT2D eigenvalue weighted by Gasteiger charge is -2.32. The first-order valence-electron chi connectivity index (χ1n) is 8.46. The van der Waals surface area contributed by atoms with Gasteiger partial charge in [-0.15, -0.1) is 0 Å². The Morgan fingerprint density at radius 2 is 2.12 bits per heavy atom. The summed E-state index contributed by atoms with van der Waals surface area (Å²) in [7, 11) is 1.60. The molecule has 0 saturated heterocycles. The van der Waals surface area contributed by atoms with Crippen LogP contribution in [0.3, 0.4) is 0 Å².